The van der Waals surface area contributed by atoms with E-state index < -0.39 is 11.9 Å². The van der Waals surface area contributed by atoms with Gasteiger partial charge >= 0.3 is 11.9 Å². The van der Waals surface area contributed by atoms with E-state index in [1.54, 1.807) is 19.1 Å². The maximum absolute atomic E-state index is 12.0. The predicted molar refractivity (Wildman–Crippen MR) is 81.5 cm³/mol. The second-order valence-corrected chi connectivity index (χ2v) is 4.70. The topological polar surface area (TPSA) is 57.5 Å². The van der Waals surface area contributed by atoms with Crippen LogP contribution in [-0.2, 0) is 27.2 Å². The molecule has 0 aliphatic heterocycles. The SMILES string of the molecule is CCOC(=O)COC(=O)c1cccn1CCc1ccccc1. The first-order valence-electron chi connectivity index (χ1n) is 7.22. The molecular weight excluding hydrogens is 282 g/mol. The van der Waals surface area contributed by atoms with Crippen LogP contribution >= 0.6 is 0 Å². The van der Waals surface area contributed by atoms with E-state index in [0.29, 0.717) is 12.2 Å². The van der Waals surface area contributed by atoms with E-state index in [1.165, 1.54) is 5.56 Å². The number of aryl methyl sites for hydroxylation is 2. The molecule has 0 amide bonds. The van der Waals surface area contributed by atoms with Crippen LogP contribution in [0.2, 0.25) is 0 Å². The summed E-state index contributed by atoms with van der Waals surface area (Å²) >= 11 is 0. The number of benzene rings is 1. The standard InChI is InChI=1S/C17H19NO4/c1-2-21-16(19)13-22-17(20)15-9-6-11-18(15)12-10-14-7-4-3-5-8-14/h3-9,11H,2,10,12-13H2,1H3. The van der Waals surface area contributed by atoms with Gasteiger partial charge < -0.3 is 14.0 Å². The van der Waals surface area contributed by atoms with E-state index in [-0.39, 0.29) is 13.2 Å². The first kappa shape index (κ1) is 15.8. The van der Waals surface area contributed by atoms with Gasteiger partial charge in [0.25, 0.3) is 0 Å². The van der Waals surface area contributed by atoms with E-state index in [0.717, 1.165) is 6.42 Å². The number of carbonyl (C=O) groups excluding carboxylic acids is 2. The first-order valence-corrected chi connectivity index (χ1v) is 7.22. The summed E-state index contributed by atoms with van der Waals surface area (Å²) in [7, 11) is 0. The number of nitrogens with zero attached hydrogens (tertiary/aromatic N) is 1. The average molecular weight is 301 g/mol. The summed E-state index contributed by atoms with van der Waals surface area (Å²) in [5.41, 5.74) is 1.63. The Kier molecular flexibility index (Phi) is 5.77. The lowest BCUT2D eigenvalue weighted by atomic mass is 10.1. The molecule has 0 atom stereocenters. The summed E-state index contributed by atoms with van der Waals surface area (Å²) in [5.74, 6) is -1.07. The van der Waals surface area contributed by atoms with Crippen molar-refractivity contribution in [2.45, 2.75) is 19.9 Å². The number of aromatic nitrogens is 1. The van der Waals surface area contributed by atoms with Crippen molar-refractivity contribution in [3.05, 3.63) is 59.9 Å². The molecule has 116 valence electrons. The molecule has 0 aliphatic rings. The second kappa shape index (κ2) is 8.02. The molecule has 0 saturated heterocycles. The zero-order chi connectivity index (χ0) is 15.8. The molecule has 0 bridgehead atoms. The molecule has 0 spiro atoms. The van der Waals surface area contributed by atoms with Crippen LogP contribution in [0.5, 0.6) is 0 Å². The quantitative estimate of drug-likeness (QED) is 0.737. The van der Waals surface area contributed by atoms with Crippen molar-refractivity contribution in [3.63, 3.8) is 0 Å². The zero-order valence-electron chi connectivity index (χ0n) is 12.5. The first-order chi connectivity index (χ1) is 10.7. The molecule has 0 saturated carbocycles. The van der Waals surface area contributed by atoms with E-state index in [9.17, 15) is 9.59 Å². The Morgan fingerprint density at radius 3 is 2.55 bits per heavy atom. The Balaban J connectivity index is 1.91. The van der Waals surface area contributed by atoms with Crippen molar-refractivity contribution < 1.29 is 19.1 Å². The van der Waals surface area contributed by atoms with Gasteiger partial charge in [-0.05, 0) is 31.0 Å². The van der Waals surface area contributed by atoms with Gasteiger partial charge in [-0.3, -0.25) is 0 Å². The molecule has 2 rings (SSSR count). The maximum atomic E-state index is 12.0. The molecule has 5 nitrogen and oxygen atoms in total. The smallest absolute Gasteiger partial charge is 0.355 e. The van der Waals surface area contributed by atoms with Crippen LogP contribution in [0, 0.1) is 0 Å². The van der Waals surface area contributed by atoms with Gasteiger partial charge in [-0.2, -0.15) is 0 Å². The van der Waals surface area contributed by atoms with Gasteiger partial charge in [-0.1, -0.05) is 30.3 Å². The minimum absolute atomic E-state index is 0.268. The number of hydrogen-bond donors (Lipinski definition) is 0. The molecule has 1 aromatic carbocycles. The van der Waals surface area contributed by atoms with Gasteiger partial charge in [0.2, 0.25) is 0 Å². The lowest BCUT2D eigenvalue weighted by Gasteiger charge is -2.09. The molecule has 5 heteroatoms. The van der Waals surface area contributed by atoms with Crippen LogP contribution in [-0.4, -0.2) is 29.7 Å². The monoisotopic (exact) mass is 301 g/mol. The summed E-state index contributed by atoms with van der Waals surface area (Å²) in [4.78, 5) is 23.2. The minimum atomic E-state index is -0.543. The van der Waals surface area contributed by atoms with Gasteiger partial charge in [0.15, 0.2) is 6.61 Å². The highest BCUT2D eigenvalue weighted by Crippen LogP contribution is 2.08. The fraction of sp³-hybridized carbons (Fsp3) is 0.294. The third-order valence-corrected chi connectivity index (χ3v) is 3.15. The third kappa shape index (κ3) is 4.48. The number of rotatable bonds is 7. The Morgan fingerprint density at radius 2 is 1.82 bits per heavy atom. The summed E-state index contributed by atoms with van der Waals surface area (Å²) < 4.78 is 11.5. The van der Waals surface area contributed by atoms with Crippen LogP contribution in [0.15, 0.2) is 48.7 Å². The van der Waals surface area contributed by atoms with Crippen molar-refractivity contribution in [2.75, 3.05) is 13.2 Å². The predicted octanol–water partition coefficient (Wildman–Crippen LogP) is 2.45. The largest absolute Gasteiger partial charge is 0.463 e. The molecule has 22 heavy (non-hydrogen) atoms. The molecule has 0 unspecified atom stereocenters. The van der Waals surface area contributed by atoms with Crippen LogP contribution < -0.4 is 0 Å². The highest BCUT2D eigenvalue weighted by atomic mass is 16.6. The highest BCUT2D eigenvalue weighted by Gasteiger charge is 2.14. The maximum Gasteiger partial charge on any atom is 0.355 e. The fourth-order valence-electron chi connectivity index (χ4n) is 2.09. The Labute approximate surface area is 129 Å². The fourth-order valence-corrected chi connectivity index (χ4v) is 2.09. The van der Waals surface area contributed by atoms with Crippen molar-refractivity contribution in [3.8, 4) is 0 Å². The normalized spacial score (nSPS) is 10.2. The number of hydrogen-bond acceptors (Lipinski definition) is 4. The van der Waals surface area contributed by atoms with Crippen molar-refractivity contribution in [1.82, 2.24) is 4.57 Å². The van der Waals surface area contributed by atoms with E-state index in [4.69, 9.17) is 9.47 Å². The van der Waals surface area contributed by atoms with E-state index >= 15 is 0 Å². The van der Waals surface area contributed by atoms with Gasteiger partial charge in [0.1, 0.15) is 5.69 Å². The Morgan fingerprint density at radius 1 is 1.05 bits per heavy atom. The average Bonchev–Trinajstić information content (AvgIpc) is 3.00. The number of ether oxygens (including phenoxy) is 2. The zero-order valence-corrected chi connectivity index (χ0v) is 12.5. The van der Waals surface area contributed by atoms with Gasteiger partial charge in [0, 0.05) is 12.7 Å². The van der Waals surface area contributed by atoms with Crippen molar-refractivity contribution in [2.24, 2.45) is 0 Å². The Bertz CT molecular complexity index is 619. The molecule has 0 aliphatic carbocycles. The lowest BCUT2D eigenvalue weighted by molar-refractivity contribution is -0.146. The molecule has 2 aromatic rings. The van der Waals surface area contributed by atoms with Crippen LogP contribution in [0.4, 0.5) is 0 Å². The minimum Gasteiger partial charge on any atom is -0.463 e. The third-order valence-electron chi connectivity index (χ3n) is 3.15. The van der Waals surface area contributed by atoms with Gasteiger partial charge in [-0.15, -0.1) is 0 Å². The van der Waals surface area contributed by atoms with E-state index in [2.05, 4.69) is 0 Å². The highest BCUT2D eigenvalue weighted by molar-refractivity contribution is 5.89. The number of carbonyl (C=O) groups is 2. The van der Waals surface area contributed by atoms with Crippen LogP contribution in [0.3, 0.4) is 0 Å². The summed E-state index contributed by atoms with van der Waals surface area (Å²) in [6.07, 6.45) is 2.64. The van der Waals surface area contributed by atoms with Gasteiger partial charge in [-0.25, -0.2) is 9.59 Å². The van der Waals surface area contributed by atoms with Gasteiger partial charge in [0.05, 0.1) is 6.61 Å². The summed E-state index contributed by atoms with van der Waals surface area (Å²) in [5, 5.41) is 0. The van der Waals surface area contributed by atoms with Crippen molar-refractivity contribution in [1.29, 1.82) is 0 Å². The molecule has 0 N–H and O–H groups in total. The molecule has 0 radical (unpaired) electrons. The molecule has 1 aromatic heterocycles. The molecule has 0 fully saturated rings. The summed E-state index contributed by atoms with van der Waals surface area (Å²) in [6, 6.07) is 13.5. The van der Waals surface area contributed by atoms with Crippen LogP contribution in [0.25, 0.3) is 0 Å². The molecular formula is C17H19NO4. The number of esters is 2. The van der Waals surface area contributed by atoms with Crippen LogP contribution in [0.1, 0.15) is 23.0 Å². The lowest BCUT2D eigenvalue weighted by Crippen LogP contribution is -2.19. The van der Waals surface area contributed by atoms with E-state index in [1.807, 2.05) is 41.1 Å². The van der Waals surface area contributed by atoms with Crippen molar-refractivity contribution >= 4 is 11.9 Å². The molecule has 1 heterocycles. The summed E-state index contributed by atoms with van der Waals surface area (Å²) in [6.45, 7) is 2.27. The second-order valence-electron chi connectivity index (χ2n) is 4.70. The Hall–Kier alpha value is -2.56.